The normalized spacial score (nSPS) is 16.8. The molecule has 48 heavy (non-hydrogen) atoms. The molecule has 11 nitrogen and oxygen atoms in total. The molecule has 0 saturated heterocycles. The van der Waals surface area contributed by atoms with Gasteiger partial charge in [0.1, 0.15) is 0 Å². The average molecular weight is 699 g/mol. The summed E-state index contributed by atoms with van der Waals surface area (Å²) in [6.07, 6.45) is 5.34. The number of nitrogens with one attached hydrogen (secondary N) is 2. The molecule has 4 aromatic rings. The number of carbonyl (C=O) groups is 1. The SMILES string of the molecule is CCc1cc(-c2cc(F)c(S(=O)(=O)Nc3ccccc3Cl)nc2OC)cc2cnc(NC3CCC(N(C(=O)OC)C(C)(C)C)CC3)nc12. The average Bonchev–Trinajstić information content (AvgIpc) is 3.05. The first-order valence-corrected chi connectivity index (χ1v) is 17.6. The molecule has 1 amide bonds. The zero-order chi connectivity index (χ0) is 34.8. The summed E-state index contributed by atoms with van der Waals surface area (Å²) in [5, 5.41) is 3.53. The van der Waals surface area contributed by atoms with Gasteiger partial charge in [-0.2, -0.15) is 13.4 Å². The number of anilines is 2. The van der Waals surface area contributed by atoms with Crippen LogP contribution in [0.25, 0.3) is 22.0 Å². The van der Waals surface area contributed by atoms with Crippen LogP contribution in [0.5, 0.6) is 5.88 Å². The van der Waals surface area contributed by atoms with Crippen molar-refractivity contribution < 1.29 is 27.1 Å². The highest BCUT2D eigenvalue weighted by atomic mass is 35.5. The smallest absolute Gasteiger partial charge is 0.410 e. The van der Waals surface area contributed by atoms with E-state index in [2.05, 4.69) is 20.0 Å². The fourth-order valence-electron chi connectivity index (χ4n) is 6.19. The predicted octanol–water partition coefficient (Wildman–Crippen LogP) is 7.45. The molecule has 0 atom stereocenters. The van der Waals surface area contributed by atoms with Gasteiger partial charge in [0.25, 0.3) is 10.0 Å². The summed E-state index contributed by atoms with van der Waals surface area (Å²) in [5.41, 5.74) is 2.22. The van der Waals surface area contributed by atoms with E-state index in [-0.39, 0.29) is 45.9 Å². The van der Waals surface area contributed by atoms with Gasteiger partial charge in [0, 0.05) is 34.8 Å². The van der Waals surface area contributed by atoms with Gasteiger partial charge in [0.05, 0.1) is 30.4 Å². The molecular formula is C34H40ClFN6O5S. The molecule has 0 radical (unpaired) electrons. The minimum Gasteiger partial charge on any atom is -0.481 e. The number of hydrogen-bond donors (Lipinski definition) is 2. The van der Waals surface area contributed by atoms with E-state index in [1.165, 1.54) is 26.4 Å². The van der Waals surface area contributed by atoms with Crippen LogP contribution in [0.4, 0.5) is 20.8 Å². The highest BCUT2D eigenvalue weighted by molar-refractivity contribution is 7.92. The molecule has 0 spiro atoms. The molecule has 2 N–H and O–H groups in total. The molecule has 5 rings (SSSR count). The van der Waals surface area contributed by atoms with Crippen molar-refractivity contribution in [3.05, 3.63) is 65.1 Å². The summed E-state index contributed by atoms with van der Waals surface area (Å²) >= 11 is 6.10. The van der Waals surface area contributed by atoms with E-state index < -0.39 is 20.9 Å². The Morgan fingerprint density at radius 3 is 2.42 bits per heavy atom. The third kappa shape index (κ3) is 7.41. The van der Waals surface area contributed by atoms with Crippen molar-refractivity contribution in [2.24, 2.45) is 0 Å². The Morgan fingerprint density at radius 1 is 1.08 bits per heavy atom. The molecule has 1 fully saturated rings. The molecule has 14 heteroatoms. The summed E-state index contributed by atoms with van der Waals surface area (Å²) in [4.78, 5) is 27.8. The fourth-order valence-corrected chi connectivity index (χ4v) is 7.51. The Bertz CT molecular complexity index is 1930. The minimum absolute atomic E-state index is 0.0654. The summed E-state index contributed by atoms with van der Waals surface area (Å²) in [5.74, 6) is -0.615. The molecule has 1 saturated carbocycles. The fraction of sp³-hybridized carbons (Fsp3) is 0.412. The van der Waals surface area contributed by atoms with Crippen LogP contribution in [0.1, 0.15) is 58.9 Å². The monoisotopic (exact) mass is 698 g/mol. The van der Waals surface area contributed by atoms with Gasteiger partial charge >= 0.3 is 6.09 Å². The van der Waals surface area contributed by atoms with Gasteiger partial charge < -0.3 is 19.7 Å². The first-order chi connectivity index (χ1) is 22.7. The lowest BCUT2D eigenvalue weighted by molar-refractivity contribution is 0.0440. The Morgan fingerprint density at radius 2 is 1.79 bits per heavy atom. The largest absolute Gasteiger partial charge is 0.481 e. The van der Waals surface area contributed by atoms with E-state index in [0.29, 0.717) is 17.9 Å². The van der Waals surface area contributed by atoms with E-state index in [4.69, 9.17) is 26.1 Å². The van der Waals surface area contributed by atoms with Gasteiger partial charge in [0.2, 0.25) is 16.9 Å². The Labute approximate surface area is 285 Å². The molecule has 2 aromatic heterocycles. The number of aryl methyl sites for hydroxylation is 1. The summed E-state index contributed by atoms with van der Waals surface area (Å²) < 4.78 is 54.5. The maximum Gasteiger partial charge on any atom is 0.410 e. The number of aromatic nitrogens is 3. The van der Waals surface area contributed by atoms with Crippen molar-refractivity contribution in [2.75, 3.05) is 24.3 Å². The maximum atomic E-state index is 15.5. The second-order valence-electron chi connectivity index (χ2n) is 12.7. The predicted molar refractivity (Wildman–Crippen MR) is 185 cm³/mol. The van der Waals surface area contributed by atoms with Crippen molar-refractivity contribution in [1.82, 2.24) is 19.9 Å². The number of benzene rings is 2. The molecule has 2 heterocycles. The third-order valence-corrected chi connectivity index (χ3v) is 10.0. The second kappa shape index (κ2) is 14.1. The van der Waals surface area contributed by atoms with Crippen LogP contribution in [0, 0.1) is 5.82 Å². The zero-order valence-electron chi connectivity index (χ0n) is 27.8. The van der Waals surface area contributed by atoms with Crippen LogP contribution in [0.2, 0.25) is 5.02 Å². The van der Waals surface area contributed by atoms with Crippen LogP contribution in [0.3, 0.4) is 0 Å². The highest BCUT2D eigenvalue weighted by Crippen LogP contribution is 2.36. The third-order valence-electron chi connectivity index (χ3n) is 8.42. The number of hydrogen-bond acceptors (Lipinski definition) is 9. The molecule has 0 bridgehead atoms. The second-order valence-corrected chi connectivity index (χ2v) is 14.7. The first kappa shape index (κ1) is 35.1. The van der Waals surface area contributed by atoms with E-state index in [1.54, 1.807) is 24.4 Å². The summed E-state index contributed by atoms with van der Waals surface area (Å²) in [6, 6.07) is 11.2. The number of pyridine rings is 1. The number of nitrogens with zero attached hydrogens (tertiary/aromatic N) is 4. The first-order valence-electron chi connectivity index (χ1n) is 15.7. The molecule has 0 unspecified atom stereocenters. The minimum atomic E-state index is -4.43. The lowest BCUT2D eigenvalue weighted by Crippen LogP contribution is -2.53. The number of ether oxygens (including phenoxy) is 2. The van der Waals surface area contributed by atoms with Gasteiger partial charge in [-0.3, -0.25) is 4.72 Å². The van der Waals surface area contributed by atoms with Crippen molar-refractivity contribution in [3.63, 3.8) is 0 Å². The number of rotatable bonds is 9. The van der Waals surface area contributed by atoms with Gasteiger partial charge in [-0.15, -0.1) is 0 Å². The van der Waals surface area contributed by atoms with Crippen LogP contribution >= 0.6 is 11.6 Å². The Kier molecular flexibility index (Phi) is 10.3. The van der Waals surface area contributed by atoms with Crippen LogP contribution in [-0.2, 0) is 21.2 Å². The summed E-state index contributed by atoms with van der Waals surface area (Å²) in [7, 11) is -1.68. The maximum absolute atomic E-state index is 15.5. The van der Waals surface area contributed by atoms with E-state index in [9.17, 15) is 13.2 Å². The standard InChI is InChI=1S/C34H40ClFN6O5S/c1-7-20-16-21(25-18-27(36)31(40-30(25)46-5)48(44,45)41-28-11-9-8-10-26(28)35)17-22-19-37-32(39-29(20)22)38-23-12-14-24(15-13-23)42(33(43)47-6)34(2,3)4/h8-11,16-19,23-24,41H,7,12-15H2,1-6H3,(H,37,38,39). The van der Waals surface area contributed by atoms with E-state index >= 15 is 4.39 Å². The number of methoxy groups -OCH3 is 2. The Hall–Kier alpha value is -4.23. The molecule has 2 aromatic carbocycles. The van der Waals surface area contributed by atoms with Crippen molar-refractivity contribution in [2.45, 2.75) is 82.4 Å². The lowest BCUT2D eigenvalue weighted by atomic mass is 9.88. The number of halogens is 2. The van der Waals surface area contributed by atoms with Gasteiger partial charge in [-0.1, -0.05) is 30.7 Å². The van der Waals surface area contributed by atoms with Crippen LogP contribution < -0.4 is 14.8 Å². The van der Waals surface area contributed by atoms with Crippen LogP contribution in [0.15, 0.2) is 53.7 Å². The highest BCUT2D eigenvalue weighted by Gasteiger charge is 2.36. The number of fused-ring (bicyclic) bond motifs is 1. The topological polar surface area (TPSA) is 136 Å². The molecule has 256 valence electrons. The molecule has 1 aliphatic carbocycles. The summed E-state index contributed by atoms with van der Waals surface area (Å²) in [6.45, 7) is 8.02. The van der Waals surface area contributed by atoms with Gasteiger partial charge in [-0.25, -0.2) is 19.2 Å². The molecular weight excluding hydrogens is 659 g/mol. The molecule has 1 aliphatic rings. The van der Waals surface area contributed by atoms with Crippen molar-refractivity contribution >= 4 is 50.3 Å². The Balaban J connectivity index is 1.38. The molecule has 0 aliphatic heterocycles. The van der Waals surface area contributed by atoms with E-state index in [0.717, 1.165) is 48.2 Å². The lowest BCUT2D eigenvalue weighted by Gasteiger charge is -2.43. The number of para-hydroxylation sites is 1. The van der Waals surface area contributed by atoms with Crippen LogP contribution in [-0.4, -0.2) is 66.2 Å². The van der Waals surface area contributed by atoms with E-state index in [1.807, 2.05) is 38.7 Å². The number of amides is 1. The number of sulfonamides is 1. The van der Waals surface area contributed by atoms with Gasteiger partial charge in [0.15, 0.2) is 5.82 Å². The van der Waals surface area contributed by atoms with Crippen molar-refractivity contribution in [1.29, 1.82) is 0 Å². The number of carbonyl (C=O) groups excluding carboxylic acids is 1. The van der Waals surface area contributed by atoms with Crippen molar-refractivity contribution in [3.8, 4) is 17.0 Å². The van der Waals surface area contributed by atoms with Gasteiger partial charge in [-0.05, 0) is 94.3 Å². The zero-order valence-corrected chi connectivity index (χ0v) is 29.4. The quantitative estimate of drug-likeness (QED) is 0.183.